The number of benzene rings is 2. The predicted octanol–water partition coefficient (Wildman–Crippen LogP) is 2.88. The quantitative estimate of drug-likeness (QED) is 0.800. The molecule has 27 heavy (non-hydrogen) atoms. The molecule has 1 aliphatic rings. The summed E-state index contributed by atoms with van der Waals surface area (Å²) >= 11 is 0. The van der Waals surface area contributed by atoms with E-state index >= 15 is 0 Å². The van der Waals surface area contributed by atoms with Gasteiger partial charge in [-0.1, -0.05) is 18.2 Å². The van der Waals surface area contributed by atoms with Crippen molar-refractivity contribution in [3.63, 3.8) is 0 Å². The fourth-order valence-corrected chi connectivity index (χ4v) is 2.81. The zero-order chi connectivity index (χ0) is 19.4. The Morgan fingerprint density at radius 2 is 1.74 bits per heavy atom. The lowest BCUT2D eigenvalue weighted by Crippen LogP contribution is -2.25. The van der Waals surface area contributed by atoms with Crippen molar-refractivity contribution >= 4 is 23.5 Å². The molecule has 0 spiro atoms. The number of ether oxygens (including phenoxy) is 2. The third-order valence-electron chi connectivity index (χ3n) is 4.28. The summed E-state index contributed by atoms with van der Waals surface area (Å²) < 4.78 is 10.6. The molecule has 0 aromatic heterocycles. The minimum atomic E-state index is -0.192. The van der Waals surface area contributed by atoms with Gasteiger partial charge in [0.2, 0.25) is 0 Å². The Hall–Kier alpha value is -3.28. The van der Waals surface area contributed by atoms with Crippen LogP contribution in [0.1, 0.15) is 11.1 Å². The topological polar surface area (TPSA) is 63.2 Å². The van der Waals surface area contributed by atoms with Gasteiger partial charge in [-0.3, -0.25) is 4.79 Å². The van der Waals surface area contributed by atoms with Crippen molar-refractivity contribution in [2.75, 3.05) is 33.2 Å². The average molecular weight is 365 g/mol. The van der Waals surface area contributed by atoms with Crippen LogP contribution in [0.15, 0.2) is 53.2 Å². The molecule has 140 valence electrons. The molecule has 3 rings (SSSR count). The Morgan fingerprint density at radius 3 is 2.37 bits per heavy atom. The summed E-state index contributed by atoms with van der Waals surface area (Å²) in [6, 6.07) is 13.6. The van der Waals surface area contributed by atoms with Crippen molar-refractivity contribution in [1.29, 1.82) is 0 Å². The molecule has 6 nitrogen and oxygen atoms in total. The van der Waals surface area contributed by atoms with Crippen molar-refractivity contribution in [3.8, 4) is 11.5 Å². The first-order valence-electron chi connectivity index (χ1n) is 8.59. The smallest absolute Gasteiger partial charge is 0.275 e. The second kappa shape index (κ2) is 7.95. The van der Waals surface area contributed by atoms with Crippen LogP contribution >= 0.6 is 0 Å². The molecule has 0 radical (unpaired) electrons. The summed E-state index contributed by atoms with van der Waals surface area (Å²) in [6.45, 7) is 0. The standard InChI is InChI=1S/C21H23N3O3/c1-24(2)16-8-5-14(6-9-16)11-17-21(25)23-20(22-17)13-15-7-10-18(26-3)19(12-15)27-4/h5-12H,13H2,1-4H3,(H,22,23,25)/b17-11+. The van der Waals surface area contributed by atoms with E-state index in [2.05, 4.69) is 10.3 Å². The van der Waals surface area contributed by atoms with Crippen LogP contribution in [0.5, 0.6) is 11.5 Å². The van der Waals surface area contributed by atoms with Gasteiger partial charge in [0.05, 0.1) is 14.2 Å². The van der Waals surface area contributed by atoms with Crippen LogP contribution in [0.4, 0.5) is 5.69 Å². The number of carbonyl (C=O) groups excluding carboxylic acids is 1. The Labute approximate surface area is 159 Å². The monoisotopic (exact) mass is 365 g/mol. The van der Waals surface area contributed by atoms with Crippen LogP contribution in [0.2, 0.25) is 0 Å². The van der Waals surface area contributed by atoms with Crippen LogP contribution in [0.25, 0.3) is 6.08 Å². The van der Waals surface area contributed by atoms with Gasteiger partial charge in [0.1, 0.15) is 11.5 Å². The van der Waals surface area contributed by atoms with Crippen LogP contribution in [0, 0.1) is 0 Å². The summed E-state index contributed by atoms with van der Waals surface area (Å²) in [5, 5.41) is 2.83. The fourth-order valence-electron chi connectivity index (χ4n) is 2.81. The maximum absolute atomic E-state index is 12.2. The van der Waals surface area contributed by atoms with E-state index in [0.29, 0.717) is 29.5 Å². The van der Waals surface area contributed by atoms with Gasteiger partial charge >= 0.3 is 0 Å². The zero-order valence-electron chi connectivity index (χ0n) is 15.9. The molecular weight excluding hydrogens is 342 g/mol. The second-order valence-electron chi connectivity index (χ2n) is 6.39. The molecule has 6 heteroatoms. The van der Waals surface area contributed by atoms with Gasteiger partial charge in [0, 0.05) is 26.2 Å². The van der Waals surface area contributed by atoms with Crippen molar-refractivity contribution < 1.29 is 14.3 Å². The molecule has 1 aliphatic heterocycles. The highest BCUT2D eigenvalue weighted by molar-refractivity contribution is 6.14. The van der Waals surface area contributed by atoms with Crippen LogP contribution < -0.4 is 19.7 Å². The molecule has 1 heterocycles. The molecular formula is C21H23N3O3. The molecule has 0 bridgehead atoms. The van der Waals surface area contributed by atoms with E-state index in [-0.39, 0.29) is 5.91 Å². The number of rotatable bonds is 6. The highest BCUT2D eigenvalue weighted by atomic mass is 16.5. The van der Waals surface area contributed by atoms with Gasteiger partial charge in [-0.2, -0.15) is 0 Å². The summed E-state index contributed by atoms with van der Waals surface area (Å²) in [5.74, 6) is 1.74. The highest BCUT2D eigenvalue weighted by Crippen LogP contribution is 2.28. The number of anilines is 1. The lowest BCUT2D eigenvalue weighted by Gasteiger charge is -2.11. The molecule has 0 atom stereocenters. The Bertz CT molecular complexity index is 899. The Balaban J connectivity index is 1.78. The predicted molar refractivity (Wildman–Crippen MR) is 108 cm³/mol. The number of carbonyl (C=O) groups is 1. The third kappa shape index (κ3) is 4.28. The number of aliphatic imine (C=N–C) groups is 1. The largest absolute Gasteiger partial charge is 0.493 e. The van der Waals surface area contributed by atoms with Crippen LogP contribution in [-0.2, 0) is 11.2 Å². The van der Waals surface area contributed by atoms with E-state index in [1.54, 1.807) is 20.3 Å². The van der Waals surface area contributed by atoms with Gasteiger partial charge in [-0.15, -0.1) is 0 Å². The summed E-state index contributed by atoms with van der Waals surface area (Å²) in [4.78, 5) is 18.7. The van der Waals surface area contributed by atoms with Gasteiger partial charge < -0.3 is 19.7 Å². The maximum Gasteiger partial charge on any atom is 0.275 e. The normalized spacial score (nSPS) is 14.7. The maximum atomic E-state index is 12.2. The number of amides is 1. The summed E-state index contributed by atoms with van der Waals surface area (Å²) in [7, 11) is 7.17. The van der Waals surface area contributed by atoms with E-state index in [4.69, 9.17) is 9.47 Å². The molecule has 1 N–H and O–H groups in total. The van der Waals surface area contributed by atoms with Crippen LogP contribution in [0.3, 0.4) is 0 Å². The van der Waals surface area contributed by atoms with E-state index in [0.717, 1.165) is 16.8 Å². The van der Waals surface area contributed by atoms with E-state index in [1.165, 1.54) is 0 Å². The number of nitrogens with zero attached hydrogens (tertiary/aromatic N) is 2. The molecule has 0 unspecified atom stereocenters. The number of nitrogens with one attached hydrogen (secondary N) is 1. The second-order valence-corrected chi connectivity index (χ2v) is 6.39. The zero-order valence-corrected chi connectivity index (χ0v) is 15.9. The van der Waals surface area contributed by atoms with Gasteiger partial charge in [0.15, 0.2) is 11.5 Å². The van der Waals surface area contributed by atoms with Gasteiger partial charge in [-0.05, 0) is 41.5 Å². The van der Waals surface area contributed by atoms with Crippen molar-refractivity contribution in [1.82, 2.24) is 5.32 Å². The lowest BCUT2D eigenvalue weighted by atomic mass is 10.1. The lowest BCUT2D eigenvalue weighted by molar-refractivity contribution is -0.115. The van der Waals surface area contributed by atoms with E-state index in [9.17, 15) is 4.79 Å². The minimum Gasteiger partial charge on any atom is -0.493 e. The molecule has 2 aromatic carbocycles. The molecule has 1 amide bonds. The Kier molecular flexibility index (Phi) is 5.45. The van der Waals surface area contributed by atoms with Gasteiger partial charge in [-0.25, -0.2) is 4.99 Å². The van der Waals surface area contributed by atoms with Crippen LogP contribution in [-0.4, -0.2) is 40.1 Å². The highest BCUT2D eigenvalue weighted by Gasteiger charge is 2.20. The fraction of sp³-hybridized carbons (Fsp3) is 0.238. The number of hydrogen-bond donors (Lipinski definition) is 1. The first kappa shape index (κ1) is 18.5. The minimum absolute atomic E-state index is 0.192. The van der Waals surface area contributed by atoms with Gasteiger partial charge in [0.25, 0.3) is 5.91 Å². The van der Waals surface area contributed by atoms with Crippen molar-refractivity contribution in [2.24, 2.45) is 4.99 Å². The molecule has 0 fully saturated rings. The average Bonchev–Trinajstić information content (AvgIpc) is 3.00. The summed E-state index contributed by atoms with van der Waals surface area (Å²) in [5.41, 5.74) is 3.42. The number of hydrogen-bond acceptors (Lipinski definition) is 5. The van der Waals surface area contributed by atoms with E-state index in [1.807, 2.05) is 61.5 Å². The molecule has 0 saturated carbocycles. The van der Waals surface area contributed by atoms with Crippen molar-refractivity contribution in [3.05, 3.63) is 59.3 Å². The number of amidine groups is 1. The molecule has 2 aromatic rings. The first-order chi connectivity index (χ1) is 13.0. The first-order valence-corrected chi connectivity index (χ1v) is 8.59. The number of methoxy groups -OCH3 is 2. The van der Waals surface area contributed by atoms with Crippen molar-refractivity contribution in [2.45, 2.75) is 6.42 Å². The molecule has 0 saturated heterocycles. The SMILES string of the molecule is COc1ccc(CC2=N/C(=C/c3ccc(N(C)C)cc3)C(=O)N2)cc1OC. The summed E-state index contributed by atoms with van der Waals surface area (Å²) in [6.07, 6.45) is 2.29. The van der Waals surface area contributed by atoms with E-state index < -0.39 is 0 Å². The molecule has 0 aliphatic carbocycles. The Morgan fingerprint density at radius 1 is 1.04 bits per heavy atom. The third-order valence-corrected chi connectivity index (χ3v) is 4.28.